The third kappa shape index (κ3) is 5.71. The molecule has 18 heavy (non-hydrogen) atoms. The standard InChI is InChI=1S/C15H22O3/c1-12-8-9-14(11-13(12)2)18-10-6-4-3-5-7-15(16)17/h8-9,11H,3-7,10H2,1-2H3,(H,16,17). The van der Waals surface area contributed by atoms with Crippen molar-refractivity contribution in [2.45, 2.75) is 46.0 Å². The molecular formula is C15H22O3. The quantitative estimate of drug-likeness (QED) is 0.715. The van der Waals surface area contributed by atoms with E-state index in [1.165, 1.54) is 11.1 Å². The topological polar surface area (TPSA) is 46.5 Å². The molecule has 0 radical (unpaired) electrons. The third-order valence-corrected chi connectivity index (χ3v) is 3.03. The van der Waals surface area contributed by atoms with E-state index in [9.17, 15) is 4.79 Å². The highest BCUT2D eigenvalue weighted by Gasteiger charge is 1.98. The van der Waals surface area contributed by atoms with E-state index in [2.05, 4.69) is 26.0 Å². The molecule has 1 N–H and O–H groups in total. The Morgan fingerprint density at radius 3 is 2.50 bits per heavy atom. The van der Waals surface area contributed by atoms with E-state index in [0.717, 1.165) is 31.4 Å². The van der Waals surface area contributed by atoms with Crippen LogP contribution >= 0.6 is 0 Å². The van der Waals surface area contributed by atoms with Gasteiger partial charge in [-0.1, -0.05) is 18.9 Å². The van der Waals surface area contributed by atoms with E-state index < -0.39 is 5.97 Å². The van der Waals surface area contributed by atoms with E-state index in [1.807, 2.05) is 6.07 Å². The molecule has 1 aromatic rings. The fraction of sp³-hybridized carbons (Fsp3) is 0.533. The lowest BCUT2D eigenvalue weighted by molar-refractivity contribution is -0.137. The highest BCUT2D eigenvalue weighted by molar-refractivity contribution is 5.66. The number of carbonyl (C=O) groups is 1. The Bertz CT molecular complexity index is 385. The normalized spacial score (nSPS) is 10.3. The number of unbranched alkanes of at least 4 members (excludes halogenated alkanes) is 3. The molecule has 100 valence electrons. The zero-order valence-electron chi connectivity index (χ0n) is 11.2. The Labute approximate surface area is 109 Å². The summed E-state index contributed by atoms with van der Waals surface area (Å²) in [5.74, 6) is 0.213. The molecule has 0 heterocycles. The number of carboxylic acids is 1. The van der Waals surface area contributed by atoms with Crippen LogP contribution in [0.25, 0.3) is 0 Å². The molecule has 1 rings (SSSR count). The van der Waals surface area contributed by atoms with Crippen LogP contribution in [0.1, 0.15) is 43.2 Å². The summed E-state index contributed by atoms with van der Waals surface area (Å²) in [5.41, 5.74) is 2.52. The number of aryl methyl sites for hydroxylation is 2. The van der Waals surface area contributed by atoms with Gasteiger partial charge in [0, 0.05) is 6.42 Å². The average molecular weight is 250 g/mol. The fourth-order valence-corrected chi connectivity index (χ4v) is 1.73. The van der Waals surface area contributed by atoms with Crippen LogP contribution in [0.15, 0.2) is 18.2 Å². The monoisotopic (exact) mass is 250 g/mol. The summed E-state index contributed by atoms with van der Waals surface area (Å²) in [6.07, 6.45) is 4.00. The summed E-state index contributed by atoms with van der Waals surface area (Å²) < 4.78 is 5.65. The summed E-state index contributed by atoms with van der Waals surface area (Å²) in [6, 6.07) is 6.12. The summed E-state index contributed by atoms with van der Waals surface area (Å²) >= 11 is 0. The van der Waals surface area contributed by atoms with Gasteiger partial charge in [0.25, 0.3) is 0 Å². The molecule has 0 saturated heterocycles. The Balaban J connectivity index is 2.10. The minimum absolute atomic E-state index is 0.276. The zero-order valence-corrected chi connectivity index (χ0v) is 11.2. The predicted molar refractivity (Wildman–Crippen MR) is 72.1 cm³/mol. The van der Waals surface area contributed by atoms with Gasteiger partial charge in [0.05, 0.1) is 6.61 Å². The van der Waals surface area contributed by atoms with Crippen LogP contribution in [0, 0.1) is 13.8 Å². The smallest absolute Gasteiger partial charge is 0.303 e. The first kappa shape index (κ1) is 14.6. The van der Waals surface area contributed by atoms with Gasteiger partial charge in [0.1, 0.15) is 5.75 Å². The average Bonchev–Trinajstić information content (AvgIpc) is 2.32. The molecule has 3 nitrogen and oxygen atoms in total. The predicted octanol–water partition coefficient (Wildman–Crippen LogP) is 3.72. The number of ether oxygens (including phenoxy) is 1. The molecule has 3 heteroatoms. The van der Waals surface area contributed by atoms with Gasteiger partial charge >= 0.3 is 5.97 Å². The molecule has 0 aromatic heterocycles. The summed E-state index contributed by atoms with van der Waals surface area (Å²) in [5, 5.41) is 8.49. The van der Waals surface area contributed by atoms with Gasteiger partial charge in [-0.3, -0.25) is 4.79 Å². The lowest BCUT2D eigenvalue weighted by atomic mass is 10.1. The first-order chi connectivity index (χ1) is 8.59. The first-order valence-corrected chi connectivity index (χ1v) is 6.51. The lowest BCUT2D eigenvalue weighted by Crippen LogP contribution is -1.98. The molecular weight excluding hydrogens is 228 g/mol. The van der Waals surface area contributed by atoms with E-state index in [4.69, 9.17) is 9.84 Å². The lowest BCUT2D eigenvalue weighted by Gasteiger charge is -2.08. The van der Waals surface area contributed by atoms with E-state index in [1.54, 1.807) is 0 Å². The molecule has 0 aliphatic rings. The highest BCUT2D eigenvalue weighted by Crippen LogP contribution is 2.16. The molecule has 1 aromatic carbocycles. The van der Waals surface area contributed by atoms with E-state index in [0.29, 0.717) is 6.61 Å². The van der Waals surface area contributed by atoms with Crippen molar-refractivity contribution < 1.29 is 14.6 Å². The van der Waals surface area contributed by atoms with Crippen molar-refractivity contribution in [3.05, 3.63) is 29.3 Å². The fourth-order valence-electron chi connectivity index (χ4n) is 1.73. The van der Waals surface area contributed by atoms with Crippen molar-refractivity contribution >= 4 is 5.97 Å². The van der Waals surface area contributed by atoms with Crippen LogP contribution in [0.5, 0.6) is 5.75 Å². The maximum Gasteiger partial charge on any atom is 0.303 e. The van der Waals surface area contributed by atoms with Gasteiger partial charge < -0.3 is 9.84 Å². The van der Waals surface area contributed by atoms with E-state index >= 15 is 0 Å². The summed E-state index contributed by atoms with van der Waals surface area (Å²) in [4.78, 5) is 10.3. The van der Waals surface area contributed by atoms with E-state index in [-0.39, 0.29) is 6.42 Å². The van der Waals surface area contributed by atoms with Crippen molar-refractivity contribution in [3.8, 4) is 5.75 Å². The largest absolute Gasteiger partial charge is 0.494 e. The number of aliphatic carboxylic acids is 1. The number of benzene rings is 1. The SMILES string of the molecule is Cc1ccc(OCCCCCCC(=O)O)cc1C. The summed E-state index contributed by atoms with van der Waals surface area (Å²) in [6.45, 7) is 4.87. The molecule has 0 aliphatic carbocycles. The second kappa shape index (κ2) is 7.75. The Hall–Kier alpha value is -1.51. The van der Waals surface area contributed by atoms with Crippen LogP contribution < -0.4 is 4.74 Å². The molecule has 0 unspecified atom stereocenters. The van der Waals surface area contributed by atoms with Crippen molar-refractivity contribution in [1.82, 2.24) is 0 Å². The number of carboxylic acid groups (broad SMARTS) is 1. The third-order valence-electron chi connectivity index (χ3n) is 3.03. The molecule has 0 aliphatic heterocycles. The minimum atomic E-state index is -0.707. The second-order valence-corrected chi connectivity index (χ2v) is 4.65. The molecule has 0 fully saturated rings. The molecule has 0 bridgehead atoms. The van der Waals surface area contributed by atoms with Crippen LogP contribution in [0.3, 0.4) is 0 Å². The van der Waals surface area contributed by atoms with Crippen molar-refractivity contribution in [2.24, 2.45) is 0 Å². The highest BCUT2D eigenvalue weighted by atomic mass is 16.5. The van der Waals surface area contributed by atoms with Gasteiger partial charge in [-0.25, -0.2) is 0 Å². The maximum absolute atomic E-state index is 10.3. The number of rotatable bonds is 8. The molecule has 0 amide bonds. The van der Waals surface area contributed by atoms with Crippen molar-refractivity contribution in [2.75, 3.05) is 6.61 Å². The Kier molecular flexibility index (Phi) is 6.26. The molecule has 0 saturated carbocycles. The first-order valence-electron chi connectivity index (χ1n) is 6.51. The minimum Gasteiger partial charge on any atom is -0.494 e. The zero-order chi connectivity index (χ0) is 13.4. The number of hydrogen-bond acceptors (Lipinski definition) is 2. The van der Waals surface area contributed by atoms with Gasteiger partial charge in [-0.05, 0) is 49.9 Å². The number of hydrogen-bond donors (Lipinski definition) is 1. The van der Waals surface area contributed by atoms with Gasteiger partial charge in [-0.15, -0.1) is 0 Å². The van der Waals surface area contributed by atoms with Crippen molar-refractivity contribution in [3.63, 3.8) is 0 Å². The molecule has 0 spiro atoms. The van der Waals surface area contributed by atoms with Crippen LogP contribution in [-0.2, 0) is 4.79 Å². The molecule has 0 atom stereocenters. The van der Waals surface area contributed by atoms with Gasteiger partial charge in [0.2, 0.25) is 0 Å². The maximum atomic E-state index is 10.3. The van der Waals surface area contributed by atoms with Crippen LogP contribution in [0.4, 0.5) is 0 Å². The summed E-state index contributed by atoms with van der Waals surface area (Å²) in [7, 11) is 0. The van der Waals surface area contributed by atoms with Crippen LogP contribution in [-0.4, -0.2) is 17.7 Å². The van der Waals surface area contributed by atoms with Crippen molar-refractivity contribution in [1.29, 1.82) is 0 Å². The Morgan fingerprint density at radius 2 is 1.83 bits per heavy atom. The van der Waals surface area contributed by atoms with Crippen LogP contribution in [0.2, 0.25) is 0 Å². The van der Waals surface area contributed by atoms with Gasteiger partial charge in [0.15, 0.2) is 0 Å². The second-order valence-electron chi connectivity index (χ2n) is 4.65. The Morgan fingerprint density at radius 1 is 1.11 bits per heavy atom. The van der Waals surface area contributed by atoms with Gasteiger partial charge in [-0.2, -0.15) is 0 Å².